The summed E-state index contributed by atoms with van der Waals surface area (Å²) in [5.74, 6) is 0.651. The Morgan fingerprint density at radius 3 is 3.08 bits per heavy atom. The topological polar surface area (TPSA) is 29.3 Å². The maximum atomic E-state index is 6.05. The van der Waals surface area contributed by atoms with Crippen LogP contribution in [-0.4, -0.2) is 19.6 Å². The third kappa shape index (κ3) is 1.82. The molecule has 0 spiro atoms. The van der Waals surface area contributed by atoms with Crippen molar-refractivity contribution in [3.63, 3.8) is 0 Å². The Hall–Kier alpha value is -0.250. The van der Waals surface area contributed by atoms with Gasteiger partial charge in [-0.05, 0) is 30.3 Å². The van der Waals surface area contributed by atoms with Gasteiger partial charge in [0.2, 0.25) is 0 Å². The Morgan fingerprint density at radius 1 is 1.69 bits per heavy atom. The second-order valence-electron chi connectivity index (χ2n) is 3.41. The van der Waals surface area contributed by atoms with E-state index in [9.17, 15) is 0 Å². The van der Waals surface area contributed by atoms with Crippen LogP contribution < -0.4 is 10.6 Å². The van der Waals surface area contributed by atoms with Crippen LogP contribution in [0.3, 0.4) is 0 Å². The van der Waals surface area contributed by atoms with Crippen LogP contribution >= 0.6 is 22.9 Å². The lowest BCUT2D eigenvalue weighted by Crippen LogP contribution is -2.21. The largest absolute Gasteiger partial charge is 0.362 e. The number of rotatable bonds is 2. The minimum absolute atomic E-state index is 0.651. The molecule has 4 heteroatoms. The van der Waals surface area contributed by atoms with Gasteiger partial charge in [-0.2, -0.15) is 0 Å². The first-order chi connectivity index (χ1) is 6.31. The molecule has 2 rings (SSSR count). The molecule has 2 heterocycles. The Balaban J connectivity index is 2.08. The van der Waals surface area contributed by atoms with E-state index in [2.05, 4.69) is 4.90 Å². The van der Waals surface area contributed by atoms with Crippen molar-refractivity contribution in [3.05, 3.63) is 16.5 Å². The lowest BCUT2D eigenvalue weighted by Gasteiger charge is -2.16. The number of nitrogens with two attached hydrogens (primary N) is 1. The monoisotopic (exact) mass is 216 g/mol. The van der Waals surface area contributed by atoms with Crippen molar-refractivity contribution in [1.29, 1.82) is 0 Å². The number of hydrogen-bond acceptors (Lipinski definition) is 3. The van der Waals surface area contributed by atoms with Crippen molar-refractivity contribution in [3.8, 4) is 0 Å². The van der Waals surface area contributed by atoms with Crippen LogP contribution in [0.15, 0.2) is 11.4 Å². The first kappa shape index (κ1) is 9.31. The highest BCUT2D eigenvalue weighted by molar-refractivity contribution is 7.15. The van der Waals surface area contributed by atoms with Crippen LogP contribution in [0, 0.1) is 5.92 Å². The summed E-state index contributed by atoms with van der Waals surface area (Å²) in [5.41, 5.74) is 5.63. The third-order valence-electron chi connectivity index (χ3n) is 2.50. The molecule has 0 aromatic carbocycles. The zero-order valence-corrected chi connectivity index (χ0v) is 8.94. The minimum atomic E-state index is 0.651. The van der Waals surface area contributed by atoms with Crippen LogP contribution in [0.25, 0.3) is 0 Å². The molecule has 1 aromatic rings. The van der Waals surface area contributed by atoms with Gasteiger partial charge in [0.25, 0.3) is 0 Å². The fraction of sp³-hybridized carbons (Fsp3) is 0.556. The molecule has 2 N–H and O–H groups in total. The average molecular weight is 217 g/mol. The standard InChI is InChI=1S/C9H13ClN2S/c10-8-2-4-13-9(8)12-3-1-7(5-11)6-12/h2,4,7H,1,3,5-6,11H2. The summed E-state index contributed by atoms with van der Waals surface area (Å²) < 4.78 is 0. The van der Waals surface area contributed by atoms with E-state index < -0.39 is 0 Å². The van der Waals surface area contributed by atoms with Gasteiger partial charge in [0.05, 0.1) is 5.02 Å². The summed E-state index contributed by atoms with van der Waals surface area (Å²) in [5, 5.41) is 4.12. The molecule has 72 valence electrons. The van der Waals surface area contributed by atoms with E-state index in [1.807, 2.05) is 11.4 Å². The van der Waals surface area contributed by atoms with Gasteiger partial charge in [0.15, 0.2) is 0 Å². The van der Waals surface area contributed by atoms with Gasteiger partial charge in [-0.15, -0.1) is 11.3 Å². The van der Waals surface area contributed by atoms with E-state index in [0.717, 1.165) is 24.7 Å². The molecule has 13 heavy (non-hydrogen) atoms. The summed E-state index contributed by atoms with van der Waals surface area (Å²) in [6.45, 7) is 2.96. The number of halogens is 1. The van der Waals surface area contributed by atoms with Crippen molar-refractivity contribution >= 4 is 27.9 Å². The molecule has 1 aliphatic heterocycles. The number of thiophene rings is 1. The van der Waals surface area contributed by atoms with Gasteiger partial charge in [0.1, 0.15) is 5.00 Å². The molecule has 2 nitrogen and oxygen atoms in total. The lowest BCUT2D eigenvalue weighted by atomic mass is 10.1. The molecule has 1 atom stereocenters. The van der Waals surface area contributed by atoms with Gasteiger partial charge < -0.3 is 10.6 Å². The maximum Gasteiger partial charge on any atom is 0.110 e. The Labute approximate surface area is 87.3 Å². The predicted molar refractivity (Wildman–Crippen MR) is 58.7 cm³/mol. The van der Waals surface area contributed by atoms with E-state index >= 15 is 0 Å². The normalized spacial score (nSPS) is 22.6. The van der Waals surface area contributed by atoms with Gasteiger partial charge >= 0.3 is 0 Å². The van der Waals surface area contributed by atoms with Crippen LogP contribution in [0.5, 0.6) is 0 Å². The summed E-state index contributed by atoms with van der Waals surface area (Å²) >= 11 is 7.76. The molecule has 1 aromatic heterocycles. The van der Waals surface area contributed by atoms with Crippen molar-refractivity contribution < 1.29 is 0 Å². The molecule has 1 fully saturated rings. The van der Waals surface area contributed by atoms with Crippen LogP contribution in [-0.2, 0) is 0 Å². The zero-order chi connectivity index (χ0) is 9.26. The highest BCUT2D eigenvalue weighted by atomic mass is 35.5. The SMILES string of the molecule is NCC1CCN(c2sccc2Cl)C1. The highest BCUT2D eigenvalue weighted by Gasteiger charge is 2.23. The summed E-state index contributed by atoms with van der Waals surface area (Å²) in [6.07, 6.45) is 1.20. The van der Waals surface area contributed by atoms with Crippen molar-refractivity contribution in [1.82, 2.24) is 0 Å². The fourth-order valence-electron chi connectivity index (χ4n) is 1.72. The van der Waals surface area contributed by atoms with E-state index in [-0.39, 0.29) is 0 Å². The molecule has 0 amide bonds. The van der Waals surface area contributed by atoms with E-state index in [0.29, 0.717) is 5.92 Å². The molecule has 1 unspecified atom stereocenters. The summed E-state index contributed by atoms with van der Waals surface area (Å²) in [4.78, 5) is 2.34. The molecule has 0 saturated carbocycles. The Kier molecular flexibility index (Phi) is 2.77. The smallest absolute Gasteiger partial charge is 0.110 e. The molecule has 1 aliphatic rings. The highest BCUT2D eigenvalue weighted by Crippen LogP contribution is 2.34. The second kappa shape index (κ2) is 3.86. The molecule has 0 aliphatic carbocycles. The average Bonchev–Trinajstić information content (AvgIpc) is 2.71. The Morgan fingerprint density at radius 2 is 2.54 bits per heavy atom. The first-order valence-corrected chi connectivity index (χ1v) is 5.75. The molecule has 0 radical (unpaired) electrons. The van der Waals surface area contributed by atoms with E-state index in [4.69, 9.17) is 17.3 Å². The van der Waals surface area contributed by atoms with Crippen LogP contribution in [0.2, 0.25) is 5.02 Å². The fourth-order valence-corrected chi connectivity index (χ4v) is 2.94. The molecule has 1 saturated heterocycles. The number of anilines is 1. The van der Waals surface area contributed by atoms with E-state index in [1.54, 1.807) is 11.3 Å². The maximum absolute atomic E-state index is 6.05. The summed E-state index contributed by atoms with van der Waals surface area (Å²) in [6, 6.07) is 1.96. The predicted octanol–water partition coefficient (Wildman–Crippen LogP) is 2.19. The second-order valence-corrected chi connectivity index (χ2v) is 4.71. The molecular formula is C9H13ClN2S. The number of hydrogen-bond donors (Lipinski definition) is 1. The Bertz CT molecular complexity index is 287. The zero-order valence-electron chi connectivity index (χ0n) is 7.37. The number of nitrogens with zero attached hydrogens (tertiary/aromatic N) is 1. The van der Waals surface area contributed by atoms with Gasteiger partial charge in [-0.3, -0.25) is 0 Å². The van der Waals surface area contributed by atoms with E-state index in [1.165, 1.54) is 11.4 Å². The minimum Gasteiger partial charge on any atom is -0.362 e. The quantitative estimate of drug-likeness (QED) is 0.821. The molecule has 0 bridgehead atoms. The van der Waals surface area contributed by atoms with Crippen molar-refractivity contribution in [2.24, 2.45) is 11.7 Å². The summed E-state index contributed by atoms with van der Waals surface area (Å²) in [7, 11) is 0. The first-order valence-electron chi connectivity index (χ1n) is 4.49. The lowest BCUT2D eigenvalue weighted by molar-refractivity contribution is 0.603. The van der Waals surface area contributed by atoms with Crippen molar-refractivity contribution in [2.45, 2.75) is 6.42 Å². The van der Waals surface area contributed by atoms with Crippen LogP contribution in [0.4, 0.5) is 5.00 Å². The molecular weight excluding hydrogens is 204 g/mol. The van der Waals surface area contributed by atoms with Crippen LogP contribution in [0.1, 0.15) is 6.42 Å². The van der Waals surface area contributed by atoms with Gasteiger partial charge in [-0.1, -0.05) is 11.6 Å². The van der Waals surface area contributed by atoms with Gasteiger partial charge in [0, 0.05) is 13.1 Å². The van der Waals surface area contributed by atoms with Crippen molar-refractivity contribution in [2.75, 3.05) is 24.5 Å². The van der Waals surface area contributed by atoms with Gasteiger partial charge in [-0.25, -0.2) is 0 Å². The third-order valence-corrected chi connectivity index (χ3v) is 3.90.